The standard InChI is InChI=1S/C16H21N5O3S.ClH/c17-16(6-2-7-16)15-19-14(24-20-15)12-4-9-21(10-5-12)25(22,23)13-3-1-8-18-11-13;/h1,3,8,11-12H,2,4-7,9-10,17H2;1H. The molecule has 10 heteroatoms. The third-order valence-corrected chi connectivity index (χ3v) is 7.09. The molecule has 142 valence electrons. The van der Waals surface area contributed by atoms with Crippen LogP contribution in [0.5, 0.6) is 0 Å². The highest BCUT2D eigenvalue weighted by Gasteiger charge is 2.40. The van der Waals surface area contributed by atoms with Crippen molar-refractivity contribution in [2.24, 2.45) is 5.73 Å². The van der Waals surface area contributed by atoms with Gasteiger partial charge in [0.15, 0.2) is 5.82 Å². The summed E-state index contributed by atoms with van der Waals surface area (Å²) in [6.45, 7) is 0.848. The number of hydrogen-bond acceptors (Lipinski definition) is 7. The molecule has 2 aromatic rings. The first-order valence-electron chi connectivity index (χ1n) is 8.52. The Labute approximate surface area is 158 Å². The molecule has 0 aromatic carbocycles. The minimum atomic E-state index is -3.50. The van der Waals surface area contributed by atoms with Crippen LogP contribution in [0.15, 0.2) is 33.9 Å². The molecule has 8 nitrogen and oxygen atoms in total. The lowest BCUT2D eigenvalue weighted by Gasteiger charge is -2.34. The van der Waals surface area contributed by atoms with Crippen molar-refractivity contribution in [3.05, 3.63) is 36.2 Å². The Bertz CT molecular complexity index is 846. The Hall–Kier alpha value is -1.55. The summed E-state index contributed by atoms with van der Waals surface area (Å²) in [5.41, 5.74) is 5.79. The number of nitrogens with two attached hydrogens (primary N) is 1. The van der Waals surface area contributed by atoms with Gasteiger partial charge in [0.2, 0.25) is 15.9 Å². The Morgan fingerprint density at radius 1 is 1.27 bits per heavy atom. The molecule has 3 heterocycles. The number of nitrogens with zero attached hydrogens (tertiary/aromatic N) is 4. The van der Waals surface area contributed by atoms with Crippen molar-refractivity contribution < 1.29 is 12.9 Å². The molecule has 1 saturated heterocycles. The van der Waals surface area contributed by atoms with Gasteiger partial charge in [-0.3, -0.25) is 4.98 Å². The number of sulfonamides is 1. The second-order valence-corrected chi connectivity index (χ2v) is 8.77. The molecular weight excluding hydrogens is 378 g/mol. The molecule has 2 aliphatic rings. The molecule has 1 saturated carbocycles. The molecular formula is C16H22ClN5O3S. The predicted molar refractivity (Wildman–Crippen MR) is 96.2 cm³/mol. The summed E-state index contributed by atoms with van der Waals surface area (Å²) < 4.78 is 32.2. The highest BCUT2D eigenvalue weighted by Crippen LogP contribution is 2.38. The summed E-state index contributed by atoms with van der Waals surface area (Å²) in [5, 5.41) is 4.05. The summed E-state index contributed by atoms with van der Waals surface area (Å²) in [6.07, 6.45) is 7.10. The van der Waals surface area contributed by atoms with Crippen molar-refractivity contribution >= 4 is 22.4 Å². The molecule has 2 aromatic heterocycles. The van der Waals surface area contributed by atoms with Crippen LogP contribution < -0.4 is 5.73 Å². The molecule has 0 spiro atoms. The van der Waals surface area contributed by atoms with Gasteiger partial charge in [0.25, 0.3) is 0 Å². The minimum absolute atomic E-state index is 0. The molecule has 1 aliphatic carbocycles. The number of aromatic nitrogens is 3. The second-order valence-electron chi connectivity index (χ2n) is 6.83. The maximum absolute atomic E-state index is 12.6. The van der Waals surface area contributed by atoms with Gasteiger partial charge in [-0.2, -0.15) is 9.29 Å². The molecule has 0 bridgehead atoms. The van der Waals surface area contributed by atoms with E-state index in [4.69, 9.17) is 10.3 Å². The van der Waals surface area contributed by atoms with E-state index in [1.807, 2.05) is 0 Å². The van der Waals surface area contributed by atoms with Gasteiger partial charge in [0.05, 0.1) is 5.54 Å². The molecule has 26 heavy (non-hydrogen) atoms. The fraction of sp³-hybridized carbons (Fsp3) is 0.562. The van der Waals surface area contributed by atoms with E-state index in [1.165, 1.54) is 10.5 Å². The fourth-order valence-electron chi connectivity index (χ4n) is 3.38. The maximum atomic E-state index is 12.6. The van der Waals surface area contributed by atoms with Gasteiger partial charge in [-0.15, -0.1) is 12.4 Å². The van der Waals surface area contributed by atoms with Crippen LogP contribution in [0.3, 0.4) is 0 Å². The van der Waals surface area contributed by atoms with Crippen molar-refractivity contribution in [2.75, 3.05) is 13.1 Å². The van der Waals surface area contributed by atoms with E-state index in [0.717, 1.165) is 19.3 Å². The Kier molecular flexibility index (Phi) is 5.34. The lowest BCUT2D eigenvalue weighted by Crippen LogP contribution is -2.44. The molecule has 0 radical (unpaired) electrons. The van der Waals surface area contributed by atoms with E-state index in [9.17, 15) is 8.42 Å². The highest BCUT2D eigenvalue weighted by molar-refractivity contribution is 7.89. The van der Waals surface area contributed by atoms with Crippen molar-refractivity contribution in [3.63, 3.8) is 0 Å². The molecule has 0 atom stereocenters. The molecule has 4 rings (SSSR count). The Morgan fingerprint density at radius 2 is 2.00 bits per heavy atom. The Balaban J connectivity index is 0.00000196. The van der Waals surface area contributed by atoms with Crippen LogP contribution in [-0.2, 0) is 15.6 Å². The Morgan fingerprint density at radius 3 is 2.58 bits per heavy atom. The van der Waals surface area contributed by atoms with Gasteiger partial charge < -0.3 is 10.3 Å². The van der Waals surface area contributed by atoms with Gasteiger partial charge in [0.1, 0.15) is 4.90 Å². The monoisotopic (exact) mass is 399 g/mol. The average molecular weight is 400 g/mol. The second kappa shape index (κ2) is 7.22. The van der Waals surface area contributed by atoms with Crippen molar-refractivity contribution in [1.82, 2.24) is 19.4 Å². The summed E-state index contributed by atoms with van der Waals surface area (Å²) in [4.78, 5) is 8.61. The van der Waals surface area contributed by atoms with E-state index >= 15 is 0 Å². The van der Waals surface area contributed by atoms with Crippen LogP contribution in [0.2, 0.25) is 0 Å². The zero-order valence-electron chi connectivity index (χ0n) is 14.2. The maximum Gasteiger partial charge on any atom is 0.244 e. The lowest BCUT2D eigenvalue weighted by atomic mass is 9.77. The molecule has 1 aliphatic heterocycles. The largest absolute Gasteiger partial charge is 0.339 e. The van der Waals surface area contributed by atoms with Crippen molar-refractivity contribution in [3.8, 4) is 0 Å². The summed E-state index contributed by atoms with van der Waals surface area (Å²) in [6, 6.07) is 3.20. The van der Waals surface area contributed by atoms with Crippen LogP contribution in [0.1, 0.15) is 49.7 Å². The van der Waals surface area contributed by atoms with Crippen LogP contribution in [0.4, 0.5) is 0 Å². The van der Waals surface area contributed by atoms with Crippen LogP contribution in [0, 0.1) is 0 Å². The van der Waals surface area contributed by atoms with Gasteiger partial charge in [-0.1, -0.05) is 5.16 Å². The van der Waals surface area contributed by atoms with Gasteiger partial charge >= 0.3 is 0 Å². The SMILES string of the molecule is Cl.NC1(c2noc(C3CCN(S(=O)(=O)c4cccnc4)CC3)n2)CCC1. The highest BCUT2D eigenvalue weighted by atomic mass is 35.5. The van der Waals surface area contributed by atoms with Crippen molar-refractivity contribution in [2.45, 2.75) is 48.5 Å². The number of halogens is 1. The van der Waals surface area contributed by atoms with Crippen LogP contribution in [0.25, 0.3) is 0 Å². The van der Waals surface area contributed by atoms with E-state index < -0.39 is 15.6 Å². The van der Waals surface area contributed by atoms with Gasteiger partial charge in [-0.25, -0.2) is 8.42 Å². The van der Waals surface area contributed by atoms with E-state index in [1.54, 1.807) is 18.3 Å². The average Bonchev–Trinajstić information content (AvgIpc) is 3.11. The van der Waals surface area contributed by atoms with E-state index in [-0.39, 0.29) is 23.2 Å². The third kappa shape index (κ3) is 3.36. The quantitative estimate of drug-likeness (QED) is 0.833. The zero-order valence-corrected chi connectivity index (χ0v) is 15.9. The summed E-state index contributed by atoms with van der Waals surface area (Å²) in [7, 11) is -3.50. The first-order chi connectivity index (χ1) is 12.0. The van der Waals surface area contributed by atoms with Crippen molar-refractivity contribution in [1.29, 1.82) is 0 Å². The first kappa shape index (κ1) is 19.2. The normalized spacial score (nSPS) is 21.0. The van der Waals surface area contributed by atoms with Crippen LogP contribution >= 0.6 is 12.4 Å². The topological polar surface area (TPSA) is 115 Å². The lowest BCUT2D eigenvalue weighted by molar-refractivity contribution is 0.227. The molecule has 0 unspecified atom stereocenters. The van der Waals surface area contributed by atoms with Gasteiger partial charge in [0, 0.05) is 31.4 Å². The first-order valence-corrected chi connectivity index (χ1v) is 9.96. The van der Waals surface area contributed by atoms with E-state index in [2.05, 4.69) is 15.1 Å². The fourth-order valence-corrected chi connectivity index (χ4v) is 4.81. The summed E-state index contributed by atoms with van der Waals surface area (Å²) >= 11 is 0. The number of pyridine rings is 1. The number of hydrogen-bond donors (Lipinski definition) is 1. The van der Waals surface area contributed by atoms with Gasteiger partial charge in [-0.05, 0) is 44.2 Å². The summed E-state index contributed by atoms with van der Waals surface area (Å²) in [5.74, 6) is 1.23. The molecule has 2 N–H and O–H groups in total. The zero-order chi connectivity index (χ0) is 17.5. The third-order valence-electron chi connectivity index (χ3n) is 5.21. The smallest absolute Gasteiger partial charge is 0.244 e. The van der Waals surface area contributed by atoms with E-state index in [0.29, 0.717) is 37.6 Å². The predicted octanol–water partition coefficient (Wildman–Crippen LogP) is 1.79. The van der Waals surface area contributed by atoms with Crippen LogP contribution in [-0.4, -0.2) is 40.9 Å². The number of rotatable bonds is 4. The number of piperidine rings is 1. The molecule has 2 fully saturated rings. The minimum Gasteiger partial charge on any atom is -0.339 e. The molecule has 0 amide bonds.